The molecule has 0 heterocycles. The molecule has 0 aliphatic carbocycles. The van der Waals surface area contributed by atoms with Crippen LogP contribution in [0.3, 0.4) is 0 Å². The van der Waals surface area contributed by atoms with Crippen LogP contribution in [0.4, 0.5) is 5.69 Å². The highest BCUT2D eigenvalue weighted by atomic mass is 35.5. The molecule has 4 N–H and O–H groups in total. The molecule has 0 aromatic heterocycles. The van der Waals surface area contributed by atoms with Crippen LogP contribution in [-0.2, 0) is 10.0 Å². The number of nitrogens with two attached hydrogens (primary N) is 1. The number of nitrogens with one attached hydrogen (secondary N) is 2. The van der Waals surface area contributed by atoms with Crippen molar-refractivity contribution in [3.05, 3.63) is 28.8 Å². The van der Waals surface area contributed by atoms with E-state index in [1.54, 1.807) is 12.1 Å². The molecule has 0 bridgehead atoms. The Labute approximate surface area is 111 Å². The summed E-state index contributed by atoms with van der Waals surface area (Å²) in [6, 6.07) is 4.68. The molecule has 0 radical (unpaired) electrons. The number of hydrogen-bond acceptors (Lipinski definition) is 4. The largest absolute Gasteiger partial charge is 0.397 e. The number of carbonyl (C=O) groups is 1. The zero-order valence-corrected chi connectivity index (χ0v) is 11.3. The van der Waals surface area contributed by atoms with E-state index in [1.165, 1.54) is 13.1 Å². The number of carbonyl (C=O) groups excluding carboxylic acids is 1. The van der Waals surface area contributed by atoms with E-state index in [0.29, 0.717) is 0 Å². The number of para-hydroxylation sites is 1. The van der Waals surface area contributed by atoms with Gasteiger partial charge in [-0.3, -0.25) is 4.79 Å². The minimum Gasteiger partial charge on any atom is -0.397 e. The molecule has 18 heavy (non-hydrogen) atoms. The lowest BCUT2D eigenvalue weighted by Gasteiger charge is -2.08. The zero-order valence-electron chi connectivity index (χ0n) is 9.73. The Morgan fingerprint density at radius 1 is 1.44 bits per heavy atom. The summed E-state index contributed by atoms with van der Waals surface area (Å²) in [7, 11) is -2.03. The molecule has 0 fully saturated rings. The molecule has 1 rings (SSSR count). The van der Waals surface area contributed by atoms with Crippen LogP contribution in [-0.4, -0.2) is 33.7 Å². The molecule has 1 aromatic rings. The van der Waals surface area contributed by atoms with Gasteiger partial charge in [0, 0.05) is 6.54 Å². The van der Waals surface area contributed by atoms with Gasteiger partial charge in [-0.05, 0) is 19.2 Å². The van der Waals surface area contributed by atoms with E-state index in [4.69, 9.17) is 17.3 Å². The van der Waals surface area contributed by atoms with E-state index in [2.05, 4.69) is 10.0 Å². The monoisotopic (exact) mass is 291 g/mol. The Bertz CT molecular complexity index is 545. The van der Waals surface area contributed by atoms with Gasteiger partial charge in [-0.1, -0.05) is 17.7 Å². The Morgan fingerprint density at radius 2 is 2.11 bits per heavy atom. The smallest absolute Gasteiger partial charge is 0.253 e. The van der Waals surface area contributed by atoms with E-state index < -0.39 is 15.9 Å². The molecule has 8 heteroatoms. The first-order valence-corrected chi connectivity index (χ1v) is 7.14. The van der Waals surface area contributed by atoms with Crippen molar-refractivity contribution in [2.75, 3.05) is 25.1 Å². The predicted octanol–water partition coefficient (Wildman–Crippen LogP) is 0.201. The van der Waals surface area contributed by atoms with Crippen molar-refractivity contribution in [2.24, 2.45) is 0 Å². The number of rotatable bonds is 5. The van der Waals surface area contributed by atoms with Gasteiger partial charge in [-0.25, -0.2) is 13.1 Å². The summed E-state index contributed by atoms with van der Waals surface area (Å²) in [5.74, 6) is -0.656. The Balaban J connectivity index is 2.64. The molecule has 0 saturated heterocycles. The lowest BCUT2D eigenvalue weighted by atomic mass is 10.1. The number of nitrogen functional groups attached to an aromatic ring is 1. The average Bonchev–Trinajstić information content (AvgIpc) is 2.32. The second-order valence-electron chi connectivity index (χ2n) is 3.48. The maximum Gasteiger partial charge on any atom is 0.253 e. The molecular weight excluding hydrogens is 278 g/mol. The summed E-state index contributed by atoms with van der Waals surface area (Å²) in [6.07, 6.45) is 0. The van der Waals surface area contributed by atoms with Crippen LogP contribution in [0.2, 0.25) is 5.02 Å². The summed E-state index contributed by atoms with van der Waals surface area (Å²) >= 11 is 5.78. The zero-order chi connectivity index (χ0) is 13.8. The minimum atomic E-state index is -3.34. The maximum absolute atomic E-state index is 11.7. The second kappa shape index (κ2) is 6.03. The van der Waals surface area contributed by atoms with E-state index in [-0.39, 0.29) is 28.6 Å². The van der Waals surface area contributed by atoms with E-state index in [0.717, 1.165) is 0 Å². The summed E-state index contributed by atoms with van der Waals surface area (Å²) in [5, 5.41) is 2.74. The fourth-order valence-electron chi connectivity index (χ4n) is 1.23. The van der Waals surface area contributed by atoms with Crippen molar-refractivity contribution in [1.82, 2.24) is 10.0 Å². The van der Waals surface area contributed by atoms with E-state index >= 15 is 0 Å². The summed E-state index contributed by atoms with van der Waals surface area (Å²) < 4.78 is 24.4. The third-order valence-corrected chi connectivity index (χ3v) is 3.96. The SMILES string of the molecule is CNS(=O)(=O)CCNC(=O)c1cccc(Cl)c1N. The number of sulfonamides is 1. The predicted molar refractivity (Wildman–Crippen MR) is 71.0 cm³/mol. The molecule has 1 aromatic carbocycles. The molecule has 1 amide bonds. The molecule has 0 spiro atoms. The number of halogens is 1. The normalized spacial score (nSPS) is 11.2. The summed E-state index contributed by atoms with van der Waals surface area (Å²) in [6.45, 7) is -0.00599. The number of amides is 1. The topological polar surface area (TPSA) is 101 Å². The highest BCUT2D eigenvalue weighted by molar-refractivity contribution is 7.89. The van der Waals surface area contributed by atoms with Gasteiger partial charge < -0.3 is 11.1 Å². The van der Waals surface area contributed by atoms with Gasteiger partial charge in [0.15, 0.2) is 0 Å². The fraction of sp³-hybridized carbons (Fsp3) is 0.300. The van der Waals surface area contributed by atoms with Crippen molar-refractivity contribution in [3.8, 4) is 0 Å². The lowest BCUT2D eigenvalue weighted by molar-refractivity contribution is 0.0957. The molecule has 6 nitrogen and oxygen atoms in total. The molecule has 0 unspecified atom stereocenters. The van der Waals surface area contributed by atoms with Crippen molar-refractivity contribution in [2.45, 2.75) is 0 Å². The first-order chi connectivity index (χ1) is 8.37. The van der Waals surface area contributed by atoms with Crippen molar-refractivity contribution >= 4 is 33.2 Å². The summed E-state index contributed by atoms with van der Waals surface area (Å²) in [4.78, 5) is 11.7. The standard InChI is InChI=1S/C10H14ClN3O3S/c1-13-18(16,17)6-5-14-10(15)7-3-2-4-8(11)9(7)12/h2-4,13H,5-6,12H2,1H3,(H,14,15). The van der Waals surface area contributed by atoms with E-state index in [9.17, 15) is 13.2 Å². The lowest BCUT2D eigenvalue weighted by Crippen LogP contribution is -2.33. The van der Waals surface area contributed by atoms with Gasteiger partial charge in [-0.2, -0.15) is 0 Å². The van der Waals surface area contributed by atoms with Crippen molar-refractivity contribution in [3.63, 3.8) is 0 Å². The van der Waals surface area contributed by atoms with Gasteiger partial charge in [0.25, 0.3) is 5.91 Å². The van der Waals surface area contributed by atoms with Crippen LogP contribution in [0.5, 0.6) is 0 Å². The molecule has 100 valence electrons. The Morgan fingerprint density at radius 3 is 2.72 bits per heavy atom. The molecule has 0 saturated carbocycles. The summed E-state index contributed by atoms with van der Waals surface area (Å²) in [5.41, 5.74) is 6.04. The van der Waals surface area contributed by atoms with Gasteiger partial charge in [0.2, 0.25) is 10.0 Å². The van der Waals surface area contributed by atoms with Crippen LogP contribution in [0.15, 0.2) is 18.2 Å². The maximum atomic E-state index is 11.7. The van der Waals surface area contributed by atoms with Crippen LogP contribution in [0, 0.1) is 0 Å². The first-order valence-electron chi connectivity index (χ1n) is 5.11. The van der Waals surface area contributed by atoms with Crippen molar-refractivity contribution in [1.29, 1.82) is 0 Å². The van der Waals surface area contributed by atoms with Gasteiger partial charge in [0.1, 0.15) is 0 Å². The highest BCUT2D eigenvalue weighted by Gasteiger charge is 2.13. The number of hydrogen-bond donors (Lipinski definition) is 3. The van der Waals surface area contributed by atoms with Crippen LogP contribution < -0.4 is 15.8 Å². The second-order valence-corrected chi connectivity index (χ2v) is 5.93. The Kier molecular flexibility index (Phi) is 4.94. The third kappa shape index (κ3) is 3.86. The first kappa shape index (κ1) is 14.7. The third-order valence-electron chi connectivity index (χ3n) is 2.26. The van der Waals surface area contributed by atoms with Gasteiger partial charge in [-0.15, -0.1) is 0 Å². The molecular formula is C10H14ClN3O3S. The van der Waals surface area contributed by atoms with Crippen LogP contribution in [0.25, 0.3) is 0 Å². The van der Waals surface area contributed by atoms with Crippen LogP contribution in [0.1, 0.15) is 10.4 Å². The van der Waals surface area contributed by atoms with Crippen LogP contribution >= 0.6 is 11.6 Å². The molecule has 0 aliphatic heterocycles. The highest BCUT2D eigenvalue weighted by Crippen LogP contribution is 2.21. The fourth-order valence-corrected chi connectivity index (χ4v) is 1.98. The van der Waals surface area contributed by atoms with Gasteiger partial charge in [0.05, 0.1) is 22.0 Å². The molecule has 0 aliphatic rings. The van der Waals surface area contributed by atoms with Gasteiger partial charge >= 0.3 is 0 Å². The van der Waals surface area contributed by atoms with Crippen molar-refractivity contribution < 1.29 is 13.2 Å². The number of benzene rings is 1. The quantitative estimate of drug-likeness (QED) is 0.675. The Hall–Kier alpha value is -1.31. The molecule has 0 atom stereocenters. The minimum absolute atomic E-state index is 0.00599. The average molecular weight is 292 g/mol. The van der Waals surface area contributed by atoms with E-state index in [1.807, 2.05) is 0 Å². The number of anilines is 1.